The van der Waals surface area contributed by atoms with Crippen molar-refractivity contribution in [1.82, 2.24) is 4.98 Å². The molecule has 2 unspecified atom stereocenters. The predicted molar refractivity (Wildman–Crippen MR) is 102 cm³/mol. The second kappa shape index (κ2) is 5.09. The molecule has 3 heteroatoms. The Hall–Kier alpha value is -3.33. The van der Waals surface area contributed by atoms with Gasteiger partial charge in [0.05, 0.1) is 5.69 Å². The normalized spacial score (nSPS) is 20.3. The van der Waals surface area contributed by atoms with E-state index in [1.807, 2.05) is 36.5 Å². The van der Waals surface area contributed by atoms with Crippen molar-refractivity contribution >= 4 is 21.9 Å². The summed E-state index contributed by atoms with van der Waals surface area (Å²) in [7, 11) is 0. The summed E-state index contributed by atoms with van der Waals surface area (Å²) in [5.41, 5.74) is 4.85. The van der Waals surface area contributed by atoms with E-state index in [0.717, 1.165) is 38.9 Å². The SMILES string of the molecule is C1=CC2Oc3c(-c4cc5oc6ccccc6c5cn4)cccc3C2C=C1. The van der Waals surface area contributed by atoms with Crippen LogP contribution >= 0.6 is 0 Å². The molecule has 3 heterocycles. The number of benzene rings is 2. The third kappa shape index (κ3) is 1.85. The Labute approximate surface area is 150 Å². The molecule has 2 aliphatic rings. The van der Waals surface area contributed by atoms with Crippen LogP contribution in [0.15, 0.2) is 83.4 Å². The van der Waals surface area contributed by atoms with Crippen molar-refractivity contribution in [3.8, 4) is 17.0 Å². The van der Waals surface area contributed by atoms with Crippen LogP contribution in [0.3, 0.4) is 0 Å². The van der Waals surface area contributed by atoms with Crippen LogP contribution in [0, 0.1) is 0 Å². The lowest BCUT2D eigenvalue weighted by molar-refractivity contribution is 0.270. The molecule has 2 aromatic heterocycles. The Morgan fingerprint density at radius 2 is 1.77 bits per heavy atom. The van der Waals surface area contributed by atoms with E-state index in [4.69, 9.17) is 14.1 Å². The molecule has 2 aromatic carbocycles. The van der Waals surface area contributed by atoms with Crippen LogP contribution < -0.4 is 4.74 Å². The first kappa shape index (κ1) is 13.9. The van der Waals surface area contributed by atoms with E-state index >= 15 is 0 Å². The first-order valence-electron chi connectivity index (χ1n) is 8.81. The highest BCUT2D eigenvalue weighted by Crippen LogP contribution is 2.46. The number of hydrogen-bond acceptors (Lipinski definition) is 3. The number of hydrogen-bond donors (Lipinski definition) is 0. The van der Waals surface area contributed by atoms with Gasteiger partial charge >= 0.3 is 0 Å². The highest BCUT2D eigenvalue weighted by Gasteiger charge is 2.33. The molecular formula is C23H15NO2. The van der Waals surface area contributed by atoms with Gasteiger partial charge in [0.25, 0.3) is 0 Å². The fourth-order valence-corrected chi connectivity index (χ4v) is 4.03. The standard InChI is InChI=1S/C23H15NO2/c1-4-11-21-14(6-1)16-8-5-9-17(23(16)26-21)19-12-22-18(13-24-19)15-7-2-3-10-20(15)25-22/h1-14,21H. The highest BCUT2D eigenvalue weighted by molar-refractivity contribution is 6.05. The third-order valence-corrected chi connectivity index (χ3v) is 5.28. The first-order valence-corrected chi connectivity index (χ1v) is 8.81. The van der Waals surface area contributed by atoms with E-state index in [9.17, 15) is 0 Å². The number of furan rings is 1. The van der Waals surface area contributed by atoms with E-state index in [0.29, 0.717) is 0 Å². The number of aromatic nitrogens is 1. The third-order valence-electron chi connectivity index (χ3n) is 5.28. The molecule has 0 saturated carbocycles. The molecule has 0 fully saturated rings. The molecular weight excluding hydrogens is 322 g/mol. The van der Waals surface area contributed by atoms with E-state index in [1.165, 1.54) is 5.56 Å². The van der Waals surface area contributed by atoms with E-state index < -0.39 is 0 Å². The average Bonchev–Trinajstić information content (AvgIpc) is 3.25. The molecule has 0 radical (unpaired) electrons. The molecule has 6 rings (SSSR count). The maximum absolute atomic E-state index is 6.26. The van der Waals surface area contributed by atoms with Crippen LogP contribution in [-0.2, 0) is 0 Å². The van der Waals surface area contributed by atoms with Crippen LogP contribution in [0.25, 0.3) is 33.2 Å². The van der Waals surface area contributed by atoms with Crippen LogP contribution in [-0.4, -0.2) is 11.1 Å². The van der Waals surface area contributed by atoms with Gasteiger partial charge in [0.1, 0.15) is 23.0 Å². The number of nitrogens with zero attached hydrogens (tertiary/aromatic N) is 1. The number of rotatable bonds is 1. The Morgan fingerprint density at radius 3 is 2.77 bits per heavy atom. The van der Waals surface area contributed by atoms with Crippen LogP contribution in [0.2, 0.25) is 0 Å². The van der Waals surface area contributed by atoms with Crippen LogP contribution in [0.5, 0.6) is 5.75 Å². The van der Waals surface area contributed by atoms with E-state index in [2.05, 4.69) is 42.5 Å². The molecule has 0 N–H and O–H groups in total. The molecule has 2 atom stereocenters. The number of pyridine rings is 1. The zero-order valence-electron chi connectivity index (χ0n) is 13.9. The molecule has 1 aliphatic heterocycles. The summed E-state index contributed by atoms with van der Waals surface area (Å²) in [6.07, 6.45) is 10.4. The molecule has 3 nitrogen and oxygen atoms in total. The molecule has 1 aliphatic carbocycles. The van der Waals surface area contributed by atoms with E-state index in [1.54, 1.807) is 0 Å². The smallest absolute Gasteiger partial charge is 0.139 e. The number of para-hydroxylation sites is 2. The molecule has 124 valence electrons. The van der Waals surface area contributed by atoms with Crippen molar-refractivity contribution < 1.29 is 9.15 Å². The summed E-state index contributed by atoms with van der Waals surface area (Å²) >= 11 is 0. The molecule has 0 bridgehead atoms. The summed E-state index contributed by atoms with van der Waals surface area (Å²) < 4.78 is 12.3. The fourth-order valence-electron chi connectivity index (χ4n) is 4.03. The molecule has 0 spiro atoms. The van der Waals surface area contributed by atoms with Crippen molar-refractivity contribution in [3.63, 3.8) is 0 Å². The van der Waals surface area contributed by atoms with Crippen molar-refractivity contribution in [2.75, 3.05) is 0 Å². The maximum Gasteiger partial charge on any atom is 0.139 e. The van der Waals surface area contributed by atoms with Gasteiger partial charge < -0.3 is 9.15 Å². The Balaban J connectivity index is 1.54. The number of allylic oxidation sites excluding steroid dienone is 2. The van der Waals surface area contributed by atoms with Gasteiger partial charge in [-0.05, 0) is 18.2 Å². The number of ether oxygens (including phenoxy) is 1. The minimum atomic E-state index is 0.0751. The average molecular weight is 337 g/mol. The van der Waals surface area contributed by atoms with E-state index in [-0.39, 0.29) is 12.0 Å². The lowest BCUT2D eigenvalue weighted by Gasteiger charge is -2.14. The largest absolute Gasteiger partial charge is 0.484 e. The second-order valence-corrected chi connectivity index (χ2v) is 6.77. The number of fused-ring (bicyclic) bond motifs is 6. The van der Waals surface area contributed by atoms with Crippen molar-refractivity contribution in [1.29, 1.82) is 0 Å². The molecule has 0 saturated heterocycles. The molecule has 0 amide bonds. The van der Waals surface area contributed by atoms with Gasteiger partial charge in [0, 0.05) is 40.1 Å². The fraction of sp³-hybridized carbons (Fsp3) is 0.0870. The van der Waals surface area contributed by atoms with Crippen molar-refractivity contribution in [3.05, 3.63) is 84.6 Å². The predicted octanol–water partition coefficient (Wildman–Crippen LogP) is 5.62. The van der Waals surface area contributed by atoms with Crippen LogP contribution in [0.4, 0.5) is 0 Å². The minimum Gasteiger partial charge on any atom is -0.484 e. The Bertz CT molecular complexity index is 1230. The highest BCUT2D eigenvalue weighted by atomic mass is 16.5. The zero-order chi connectivity index (χ0) is 17.1. The van der Waals surface area contributed by atoms with Gasteiger partial charge in [-0.3, -0.25) is 4.98 Å². The van der Waals surface area contributed by atoms with Crippen LogP contribution in [0.1, 0.15) is 11.5 Å². The lowest BCUT2D eigenvalue weighted by atomic mass is 9.91. The minimum absolute atomic E-state index is 0.0751. The van der Waals surface area contributed by atoms with Gasteiger partial charge in [0.2, 0.25) is 0 Å². The first-order chi connectivity index (χ1) is 12.9. The Morgan fingerprint density at radius 1 is 0.846 bits per heavy atom. The monoisotopic (exact) mass is 337 g/mol. The molecule has 26 heavy (non-hydrogen) atoms. The summed E-state index contributed by atoms with van der Waals surface area (Å²) in [5.74, 6) is 1.21. The van der Waals surface area contributed by atoms with Gasteiger partial charge in [0.15, 0.2) is 0 Å². The topological polar surface area (TPSA) is 35.3 Å². The summed E-state index contributed by atoms with van der Waals surface area (Å²) in [6.45, 7) is 0. The van der Waals surface area contributed by atoms with Crippen molar-refractivity contribution in [2.24, 2.45) is 0 Å². The molecule has 4 aromatic rings. The van der Waals surface area contributed by atoms with Crippen molar-refractivity contribution in [2.45, 2.75) is 12.0 Å². The lowest BCUT2D eigenvalue weighted by Crippen LogP contribution is -2.15. The maximum atomic E-state index is 6.26. The van der Waals surface area contributed by atoms with Gasteiger partial charge in [-0.1, -0.05) is 48.6 Å². The van der Waals surface area contributed by atoms with Gasteiger partial charge in [-0.25, -0.2) is 0 Å². The zero-order valence-corrected chi connectivity index (χ0v) is 13.9. The summed E-state index contributed by atoms with van der Waals surface area (Å²) in [4.78, 5) is 4.72. The van der Waals surface area contributed by atoms with Gasteiger partial charge in [-0.2, -0.15) is 0 Å². The summed E-state index contributed by atoms with van der Waals surface area (Å²) in [6, 6.07) is 16.4. The summed E-state index contributed by atoms with van der Waals surface area (Å²) in [5, 5.41) is 2.13. The quantitative estimate of drug-likeness (QED) is 0.452. The van der Waals surface area contributed by atoms with Gasteiger partial charge in [-0.15, -0.1) is 0 Å². The second-order valence-electron chi connectivity index (χ2n) is 6.77. The Kier molecular flexibility index (Phi) is 2.72.